The van der Waals surface area contributed by atoms with E-state index in [1.165, 1.54) is 6.26 Å². The van der Waals surface area contributed by atoms with Gasteiger partial charge in [0.05, 0.1) is 11.8 Å². The van der Waals surface area contributed by atoms with Crippen LogP contribution in [0.5, 0.6) is 0 Å². The summed E-state index contributed by atoms with van der Waals surface area (Å²) >= 11 is 0. The Morgan fingerprint density at radius 3 is 2.75 bits per heavy atom. The molecule has 62 valence electrons. The standard InChI is InChI=1S/C9H8O3/c10-7-2-1-3-8(11)9-6(7)4-5-12-9/h4-5H,1-3H2. The van der Waals surface area contributed by atoms with Crippen molar-refractivity contribution in [3.63, 3.8) is 0 Å². The van der Waals surface area contributed by atoms with Gasteiger partial charge in [0.15, 0.2) is 17.3 Å². The lowest BCUT2D eigenvalue weighted by atomic mass is 10.1. The molecule has 0 atom stereocenters. The van der Waals surface area contributed by atoms with E-state index in [0.717, 1.165) is 0 Å². The highest BCUT2D eigenvalue weighted by atomic mass is 16.3. The summed E-state index contributed by atoms with van der Waals surface area (Å²) in [5.41, 5.74) is 0.456. The first kappa shape index (κ1) is 7.28. The average Bonchev–Trinajstić information content (AvgIpc) is 2.47. The molecule has 1 aliphatic rings. The summed E-state index contributed by atoms with van der Waals surface area (Å²) in [6.07, 6.45) is 2.91. The average molecular weight is 164 g/mol. The molecule has 1 heterocycles. The lowest BCUT2D eigenvalue weighted by Gasteiger charge is -1.90. The smallest absolute Gasteiger partial charge is 0.198 e. The molecule has 0 fully saturated rings. The van der Waals surface area contributed by atoms with Crippen LogP contribution in [0.3, 0.4) is 0 Å². The lowest BCUT2D eigenvalue weighted by molar-refractivity contribution is 0.0954. The highest BCUT2D eigenvalue weighted by Crippen LogP contribution is 2.20. The number of furan rings is 1. The van der Waals surface area contributed by atoms with Crippen LogP contribution in [0, 0.1) is 0 Å². The van der Waals surface area contributed by atoms with Crippen LogP contribution in [-0.2, 0) is 0 Å². The zero-order chi connectivity index (χ0) is 8.55. The molecule has 12 heavy (non-hydrogen) atoms. The number of rotatable bonds is 0. The van der Waals surface area contributed by atoms with Crippen molar-refractivity contribution >= 4 is 11.6 Å². The van der Waals surface area contributed by atoms with Gasteiger partial charge in [0.1, 0.15) is 0 Å². The van der Waals surface area contributed by atoms with Gasteiger partial charge in [-0.1, -0.05) is 0 Å². The van der Waals surface area contributed by atoms with Gasteiger partial charge in [0, 0.05) is 12.8 Å². The third-order valence-corrected chi connectivity index (χ3v) is 2.03. The van der Waals surface area contributed by atoms with Crippen molar-refractivity contribution in [1.29, 1.82) is 0 Å². The minimum atomic E-state index is -0.0548. The first-order valence-electron chi connectivity index (χ1n) is 3.93. The minimum Gasteiger partial charge on any atom is -0.460 e. The number of carbonyl (C=O) groups excluding carboxylic acids is 2. The normalized spacial score (nSPS) is 17.3. The Kier molecular flexibility index (Phi) is 1.57. The van der Waals surface area contributed by atoms with Gasteiger partial charge >= 0.3 is 0 Å². The predicted molar refractivity (Wildman–Crippen MR) is 41.2 cm³/mol. The molecular formula is C9H8O3. The Morgan fingerprint density at radius 1 is 1.17 bits per heavy atom. The number of hydrogen-bond donors (Lipinski definition) is 0. The van der Waals surface area contributed by atoms with E-state index < -0.39 is 0 Å². The highest BCUT2D eigenvalue weighted by Gasteiger charge is 2.23. The molecule has 0 aliphatic heterocycles. The second-order valence-corrected chi connectivity index (χ2v) is 2.86. The molecule has 0 saturated carbocycles. The van der Waals surface area contributed by atoms with Gasteiger partial charge in [-0.3, -0.25) is 9.59 Å². The van der Waals surface area contributed by atoms with E-state index in [-0.39, 0.29) is 17.3 Å². The van der Waals surface area contributed by atoms with Crippen molar-refractivity contribution in [2.45, 2.75) is 19.3 Å². The number of Topliss-reactive ketones (excluding diaryl/α,β-unsaturated/α-hetero) is 2. The fourth-order valence-corrected chi connectivity index (χ4v) is 1.40. The van der Waals surface area contributed by atoms with Crippen molar-refractivity contribution in [3.8, 4) is 0 Å². The summed E-state index contributed by atoms with van der Waals surface area (Å²) < 4.78 is 4.95. The van der Waals surface area contributed by atoms with Crippen LogP contribution in [0.25, 0.3) is 0 Å². The Morgan fingerprint density at radius 2 is 1.92 bits per heavy atom. The van der Waals surface area contributed by atoms with E-state index in [1.54, 1.807) is 6.07 Å². The number of ketones is 2. The maximum absolute atomic E-state index is 11.3. The molecule has 0 N–H and O–H groups in total. The van der Waals surface area contributed by atoms with Crippen molar-refractivity contribution in [3.05, 3.63) is 23.7 Å². The fourth-order valence-electron chi connectivity index (χ4n) is 1.40. The summed E-state index contributed by atoms with van der Waals surface area (Å²) in [4.78, 5) is 22.6. The SMILES string of the molecule is O=C1CCCC(=O)c2occc21. The molecule has 0 radical (unpaired) electrons. The Labute approximate surface area is 69.4 Å². The Balaban J connectivity index is 2.52. The molecule has 0 spiro atoms. The summed E-state index contributed by atoms with van der Waals surface area (Å²) in [6.45, 7) is 0. The Bertz CT molecular complexity index is 305. The molecular weight excluding hydrogens is 156 g/mol. The van der Waals surface area contributed by atoms with Crippen LogP contribution in [0.2, 0.25) is 0 Å². The van der Waals surface area contributed by atoms with Crippen molar-refractivity contribution in [2.24, 2.45) is 0 Å². The monoisotopic (exact) mass is 164 g/mol. The first-order valence-corrected chi connectivity index (χ1v) is 3.93. The van der Waals surface area contributed by atoms with E-state index in [0.29, 0.717) is 24.8 Å². The van der Waals surface area contributed by atoms with Gasteiger partial charge in [0.25, 0.3) is 0 Å². The largest absolute Gasteiger partial charge is 0.460 e. The molecule has 2 rings (SSSR count). The molecule has 3 nitrogen and oxygen atoms in total. The van der Waals surface area contributed by atoms with Crippen molar-refractivity contribution in [1.82, 2.24) is 0 Å². The van der Waals surface area contributed by atoms with E-state index in [2.05, 4.69) is 0 Å². The van der Waals surface area contributed by atoms with Crippen molar-refractivity contribution < 1.29 is 14.0 Å². The molecule has 1 aromatic heterocycles. The van der Waals surface area contributed by atoms with Crippen LogP contribution in [0.15, 0.2) is 16.7 Å². The summed E-state index contributed by atoms with van der Waals surface area (Å²) in [6, 6.07) is 1.57. The van der Waals surface area contributed by atoms with E-state index in [9.17, 15) is 9.59 Å². The van der Waals surface area contributed by atoms with Crippen LogP contribution < -0.4 is 0 Å². The zero-order valence-electron chi connectivity index (χ0n) is 6.50. The topological polar surface area (TPSA) is 47.3 Å². The van der Waals surface area contributed by atoms with Crippen LogP contribution in [0.1, 0.15) is 40.2 Å². The van der Waals surface area contributed by atoms with Gasteiger partial charge in [-0.25, -0.2) is 0 Å². The van der Waals surface area contributed by atoms with Gasteiger partial charge in [0.2, 0.25) is 0 Å². The summed E-state index contributed by atoms with van der Waals surface area (Å²) in [5.74, 6) is 0.211. The Hall–Kier alpha value is -1.38. The highest BCUT2D eigenvalue weighted by molar-refractivity contribution is 6.08. The van der Waals surface area contributed by atoms with Crippen LogP contribution >= 0.6 is 0 Å². The fraction of sp³-hybridized carbons (Fsp3) is 0.333. The third-order valence-electron chi connectivity index (χ3n) is 2.03. The van der Waals surface area contributed by atoms with Gasteiger partial charge < -0.3 is 4.42 Å². The van der Waals surface area contributed by atoms with E-state index >= 15 is 0 Å². The molecule has 1 aromatic rings. The van der Waals surface area contributed by atoms with E-state index in [1.807, 2.05) is 0 Å². The maximum atomic E-state index is 11.3. The molecule has 0 bridgehead atoms. The van der Waals surface area contributed by atoms with E-state index in [4.69, 9.17) is 4.42 Å². The van der Waals surface area contributed by atoms with Gasteiger partial charge in [-0.15, -0.1) is 0 Å². The number of carbonyl (C=O) groups is 2. The summed E-state index contributed by atoms with van der Waals surface area (Å²) in [7, 11) is 0. The maximum Gasteiger partial charge on any atom is 0.198 e. The molecule has 1 aliphatic carbocycles. The lowest BCUT2D eigenvalue weighted by Crippen LogP contribution is -1.99. The minimum absolute atomic E-state index is 0.0181. The number of hydrogen-bond acceptors (Lipinski definition) is 3. The van der Waals surface area contributed by atoms with Gasteiger partial charge in [-0.2, -0.15) is 0 Å². The van der Waals surface area contributed by atoms with Crippen molar-refractivity contribution in [2.75, 3.05) is 0 Å². The second-order valence-electron chi connectivity index (χ2n) is 2.86. The summed E-state index contributed by atoms with van der Waals surface area (Å²) in [5, 5.41) is 0. The molecule has 3 heteroatoms. The number of fused-ring (bicyclic) bond motifs is 1. The zero-order valence-corrected chi connectivity index (χ0v) is 6.50. The third kappa shape index (κ3) is 0.978. The molecule has 0 aromatic carbocycles. The van der Waals surface area contributed by atoms with Crippen LogP contribution in [0.4, 0.5) is 0 Å². The van der Waals surface area contributed by atoms with Crippen LogP contribution in [-0.4, -0.2) is 11.6 Å². The van der Waals surface area contributed by atoms with Gasteiger partial charge in [-0.05, 0) is 12.5 Å². The second kappa shape index (κ2) is 2.59. The molecule has 0 saturated heterocycles. The quantitative estimate of drug-likeness (QED) is 0.549. The first-order chi connectivity index (χ1) is 5.79. The molecule has 0 unspecified atom stereocenters. The predicted octanol–water partition coefficient (Wildman–Crippen LogP) is 1.83. The molecule has 0 amide bonds.